The lowest BCUT2D eigenvalue weighted by Crippen LogP contribution is -2.54. The fraction of sp³-hybridized carbons (Fsp3) is 0.625. The van der Waals surface area contributed by atoms with Gasteiger partial charge in [-0.2, -0.15) is 4.31 Å². The molecule has 2 aromatic rings. The Kier molecular flexibility index (Phi) is 4.17. The fourth-order valence-electron chi connectivity index (χ4n) is 3.85. The molecule has 2 N–H and O–H groups in total. The quantitative estimate of drug-likeness (QED) is 0.881. The van der Waals surface area contributed by atoms with Crippen molar-refractivity contribution < 1.29 is 13.2 Å². The van der Waals surface area contributed by atoms with Crippen LogP contribution in [0.25, 0.3) is 11.2 Å². The summed E-state index contributed by atoms with van der Waals surface area (Å²) in [6.07, 6.45) is 8.45. The second kappa shape index (κ2) is 6.22. The Balaban J connectivity index is 1.83. The largest absolute Gasteiger partial charge is 0.384 e. The summed E-state index contributed by atoms with van der Waals surface area (Å²) in [5.74, 6) is 0.258. The SMILES string of the molecule is COC1CN(S(=O)(=O)c2c(N)n(C3CCCCC3)c3nccnc23)C1. The molecule has 25 heavy (non-hydrogen) atoms. The molecule has 1 aliphatic carbocycles. The number of ether oxygens (including phenoxy) is 1. The fourth-order valence-corrected chi connectivity index (χ4v) is 5.58. The molecule has 136 valence electrons. The molecule has 0 radical (unpaired) electrons. The third-order valence-electron chi connectivity index (χ3n) is 5.30. The van der Waals surface area contributed by atoms with Gasteiger partial charge in [-0.25, -0.2) is 18.4 Å². The molecule has 4 rings (SSSR count). The Hall–Kier alpha value is -1.71. The number of methoxy groups -OCH3 is 1. The van der Waals surface area contributed by atoms with E-state index in [0.717, 1.165) is 25.7 Å². The summed E-state index contributed by atoms with van der Waals surface area (Å²) in [4.78, 5) is 8.80. The number of aromatic nitrogens is 3. The van der Waals surface area contributed by atoms with Crippen molar-refractivity contribution in [2.75, 3.05) is 25.9 Å². The van der Waals surface area contributed by atoms with E-state index in [0.29, 0.717) is 24.3 Å². The number of sulfonamides is 1. The lowest BCUT2D eigenvalue weighted by molar-refractivity contribution is 0.0125. The maximum absolute atomic E-state index is 13.1. The van der Waals surface area contributed by atoms with Gasteiger partial charge in [0.05, 0.1) is 6.10 Å². The van der Waals surface area contributed by atoms with Gasteiger partial charge in [0, 0.05) is 38.6 Å². The van der Waals surface area contributed by atoms with Gasteiger partial charge >= 0.3 is 0 Å². The Bertz CT molecular complexity index is 883. The molecule has 2 aromatic heterocycles. The van der Waals surface area contributed by atoms with Crippen LogP contribution in [0.5, 0.6) is 0 Å². The number of anilines is 1. The van der Waals surface area contributed by atoms with Gasteiger partial charge in [0.25, 0.3) is 0 Å². The molecule has 1 saturated heterocycles. The van der Waals surface area contributed by atoms with E-state index in [1.165, 1.54) is 16.9 Å². The van der Waals surface area contributed by atoms with Gasteiger partial charge < -0.3 is 15.0 Å². The standard InChI is InChI=1S/C16H23N5O3S/c1-24-12-9-20(10-12)25(22,23)14-13-16(19-8-7-18-13)21(15(14)17)11-5-3-2-4-6-11/h7-8,11-12H,2-6,9-10,17H2,1H3. The molecule has 0 atom stereocenters. The van der Waals surface area contributed by atoms with E-state index in [2.05, 4.69) is 9.97 Å². The van der Waals surface area contributed by atoms with E-state index in [9.17, 15) is 8.42 Å². The monoisotopic (exact) mass is 365 g/mol. The highest BCUT2D eigenvalue weighted by Crippen LogP contribution is 2.39. The average Bonchev–Trinajstić information content (AvgIpc) is 2.87. The minimum Gasteiger partial charge on any atom is -0.384 e. The Morgan fingerprint density at radius 1 is 1.16 bits per heavy atom. The highest BCUT2D eigenvalue weighted by atomic mass is 32.2. The molecule has 0 aromatic carbocycles. The lowest BCUT2D eigenvalue weighted by Gasteiger charge is -2.36. The van der Waals surface area contributed by atoms with Crippen LogP contribution < -0.4 is 5.73 Å². The van der Waals surface area contributed by atoms with Crippen LogP contribution in [-0.2, 0) is 14.8 Å². The zero-order valence-electron chi connectivity index (χ0n) is 14.3. The van der Waals surface area contributed by atoms with E-state index in [4.69, 9.17) is 10.5 Å². The molecular formula is C16H23N5O3S. The lowest BCUT2D eigenvalue weighted by atomic mass is 9.95. The molecule has 0 bridgehead atoms. The summed E-state index contributed by atoms with van der Waals surface area (Å²) in [5, 5.41) is 0. The van der Waals surface area contributed by atoms with E-state index in [-0.39, 0.29) is 22.9 Å². The molecule has 9 heteroatoms. The molecule has 2 aliphatic rings. The number of fused-ring (bicyclic) bond motifs is 1. The highest BCUT2D eigenvalue weighted by Gasteiger charge is 2.41. The first-order valence-electron chi connectivity index (χ1n) is 8.67. The van der Waals surface area contributed by atoms with Crippen molar-refractivity contribution in [2.24, 2.45) is 0 Å². The topological polar surface area (TPSA) is 103 Å². The van der Waals surface area contributed by atoms with Crippen LogP contribution in [0.2, 0.25) is 0 Å². The predicted octanol–water partition coefficient (Wildman–Crippen LogP) is 1.54. The summed E-state index contributed by atoms with van der Waals surface area (Å²) >= 11 is 0. The van der Waals surface area contributed by atoms with Crippen molar-refractivity contribution in [2.45, 2.75) is 49.1 Å². The highest BCUT2D eigenvalue weighted by molar-refractivity contribution is 7.89. The minimum atomic E-state index is -3.72. The smallest absolute Gasteiger partial charge is 0.249 e. The number of hydrogen-bond donors (Lipinski definition) is 1. The van der Waals surface area contributed by atoms with Gasteiger partial charge in [-0.15, -0.1) is 0 Å². The van der Waals surface area contributed by atoms with Crippen LogP contribution in [0, 0.1) is 0 Å². The zero-order chi connectivity index (χ0) is 17.6. The third-order valence-corrected chi connectivity index (χ3v) is 7.20. The van der Waals surface area contributed by atoms with Crippen molar-refractivity contribution >= 4 is 27.0 Å². The average molecular weight is 365 g/mol. The molecule has 3 heterocycles. The molecule has 0 spiro atoms. The van der Waals surface area contributed by atoms with Gasteiger partial charge in [-0.3, -0.25) is 0 Å². The van der Waals surface area contributed by atoms with Gasteiger partial charge in [0.15, 0.2) is 10.5 Å². The van der Waals surface area contributed by atoms with E-state index >= 15 is 0 Å². The third kappa shape index (κ3) is 2.61. The Morgan fingerprint density at radius 3 is 2.52 bits per heavy atom. The summed E-state index contributed by atoms with van der Waals surface area (Å²) in [7, 11) is -2.13. The van der Waals surface area contributed by atoms with Crippen molar-refractivity contribution in [3.63, 3.8) is 0 Å². The predicted molar refractivity (Wildman–Crippen MR) is 93.6 cm³/mol. The van der Waals surface area contributed by atoms with Gasteiger partial charge in [-0.1, -0.05) is 19.3 Å². The van der Waals surface area contributed by atoms with E-state index in [1.807, 2.05) is 4.57 Å². The summed E-state index contributed by atoms with van der Waals surface area (Å²) in [6.45, 7) is 0.684. The van der Waals surface area contributed by atoms with Crippen molar-refractivity contribution in [3.8, 4) is 0 Å². The number of hydrogen-bond acceptors (Lipinski definition) is 6. The molecule has 0 unspecified atom stereocenters. The summed E-state index contributed by atoms with van der Waals surface area (Å²) in [5.41, 5.74) is 7.29. The van der Waals surface area contributed by atoms with Gasteiger partial charge in [0.2, 0.25) is 10.0 Å². The molecule has 1 aliphatic heterocycles. The normalized spacial score (nSPS) is 20.8. The van der Waals surface area contributed by atoms with E-state index in [1.54, 1.807) is 13.3 Å². The van der Waals surface area contributed by atoms with Crippen LogP contribution in [0.3, 0.4) is 0 Å². The Morgan fingerprint density at radius 2 is 1.84 bits per heavy atom. The zero-order valence-corrected chi connectivity index (χ0v) is 15.1. The van der Waals surface area contributed by atoms with Crippen molar-refractivity contribution in [3.05, 3.63) is 12.4 Å². The molecule has 0 amide bonds. The molecular weight excluding hydrogens is 342 g/mol. The maximum Gasteiger partial charge on any atom is 0.249 e. The molecule has 1 saturated carbocycles. The number of rotatable bonds is 4. The van der Waals surface area contributed by atoms with Crippen LogP contribution in [0.1, 0.15) is 38.1 Å². The minimum absolute atomic E-state index is 0.0613. The van der Waals surface area contributed by atoms with E-state index < -0.39 is 10.0 Å². The molecule has 8 nitrogen and oxygen atoms in total. The van der Waals surface area contributed by atoms with Gasteiger partial charge in [-0.05, 0) is 12.8 Å². The number of nitrogen functional groups attached to an aromatic ring is 1. The Labute approximate surface area is 147 Å². The van der Waals surface area contributed by atoms with Gasteiger partial charge in [0.1, 0.15) is 11.3 Å². The summed E-state index contributed by atoms with van der Waals surface area (Å²) in [6, 6.07) is 0.181. The maximum atomic E-state index is 13.1. The second-order valence-electron chi connectivity index (χ2n) is 6.78. The van der Waals surface area contributed by atoms with Crippen LogP contribution in [0.15, 0.2) is 17.3 Å². The summed E-state index contributed by atoms with van der Waals surface area (Å²) < 4.78 is 34.7. The van der Waals surface area contributed by atoms with Crippen molar-refractivity contribution in [1.29, 1.82) is 0 Å². The first kappa shape index (κ1) is 16.7. The number of nitrogens with two attached hydrogens (primary N) is 1. The second-order valence-corrected chi connectivity index (χ2v) is 8.66. The number of nitrogens with zero attached hydrogens (tertiary/aromatic N) is 4. The molecule has 2 fully saturated rings. The van der Waals surface area contributed by atoms with Crippen LogP contribution in [0.4, 0.5) is 5.82 Å². The first-order valence-corrected chi connectivity index (χ1v) is 10.1. The first-order chi connectivity index (χ1) is 12.0. The van der Waals surface area contributed by atoms with Crippen molar-refractivity contribution in [1.82, 2.24) is 18.8 Å². The van der Waals surface area contributed by atoms with Crippen LogP contribution in [-0.4, -0.2) is 53.6 Å². The van der Waals surface area contributed by atoms with Crippen LogP contribution >= 0.6 is 0 Å².